The van der Waals surface area contributed by atoms with Gasteiger partial charge < -0.3 is 9.84 Å². The van der Waals surface area contributed by atoms with Crippen LogP contribution >= 0.6 is 11.6 Å². The van der Waals surface area contributed by atoms with E-state index in [-0.39, 0.29) is 17.4 Å². The SMILES string of the molecule is C[C@H](O)c1ccc(OCc2ccc(F)c(Cl)c2)c(F)c1. The van der Waals surface area contributed by atoms with Gasteiger partial charge in [0.05, 0.1) is 11.1 Å². The van der Waals surface area contributed by atoms with Gasteiger partial charge in [0.15, 0.2) is 11.6 Å². The van der Waals surface area contributed by atoms with Crippen molar-refractivity contribution in [2.24, 2.45) is 0 Å². The zero-order valence-corrected chi connectivity index (χ0v) is 11.5. The van der Waals surface area contributed by atoms with Crippen LogP contribution in [0.1, 0.15) is 24.2 Å². The molecule has 0 spiro atoms. The first-order valence-electron chi connectivity index (χ1n) is 6.01. The molecule has 0 unspecified atom stereocenters. The lowest BCUT2D eigenvalue weighted by atomic mass is 10.1. The van der Waals surface area contributed by atoms with Gasteiger partial charge in [-0.1, -0.05) is 23.7 Å². The van der Waals surface area contributed by atoms with Gasteiger partial charge >= 0.3 is 0 Å². The summed E-state index contributed by atoms with van der Waals surface area (Å²) >= 11 is 5.65. The minimum Gasteiger partial charge on any atom is -0.486 e. The first-order valence-corrected chi connectivity index (χ1v) is 6.39. The third kappa shape index (κ3) is 3.46. The highest BCUT2D eigenvalue weighted by atomic mass is 35.5. The minimum absolute atomic E-state index is 0.00368. The molecule has 2 aromatic carbocycles. The van der Waals surface area contributed by atoms with Crippen LogP contribution in [0.15, 0.2) is 36.4 Å². The molecule has 106 valence electrons. The Morgan fingerprint density at radius 1 is 1.15 bits per heavy atom. The van der Waals surface area contributed by atoms with Crippen molar-refractivity contribution in [1.29, 1.82) is 0 Å². The lowest BCUT2D eigenvalue weighted by molar-refractivity contribution is 0.198. The van der Waals surface area contributed by atoms with Gasteiger partial charge in [0.2, 0.25) is 0 Å². The molecule has 0 aliphatic rings. The molecule has 2 aromatic rings. The smallest absolute Gasteiger partial charge is 0.165 e. The second-order valence-corrected chi connectivity index (χ2v) is 4.81. The second-order valence-electron chi connectivity index (χ2n) is 4.40. The number of ether oxygens (including phenoxy) is 1. The first-order chi connectivity index (χ1) is 9.47. The van der Waals surface area contributed by atoms with Gasteiger partial charge in [0.1, 0.15) is 12.4 Å². The van der Waals surface area contributed by atoms with E-state index in [9.17, 15) is 13.9 Å². The van der Waals surface area contributed by atoms with Crippen LogP contribution in [0.25, 0.3) is 0 Å². The van der Waals surface area contributed by atoms with Crippen molar-refractivity contribution in [3.63, 3.8) is 0 Å². The highest BCUT2D eigenvalue weighted by Gasteiger charge is 2.09. The van der Waals surface area contributed by atoms with Crippen LogP contribution in [0, 0.1) is 11.6 Å². The van der Waals surface area contributed by atoms with E-state index in [0.29, 0.717) is 11.1 Å². The normalized spacial score (nSPS) is 12.2. The summed E-state index contributed by atoms with van der Waals surface area (Å²) in [6.07, 6.45) is -0.741. The molecule has 1 N–H and O–H groups in total. The van der Waals surface area contributed by atoms with E-state index < -0.39 is 17.7 Å². The van der Waals surface area contributed by atoms with Gasteiger partial charge in [-0.2, -0.15) is 0 Å². The largest absolute Gasteiger partial charge is 0.486 e. The molecular weight excluding hydrogens is 286 g/mol. The minimum atomic E-state index is -0.741. The summed E-state index contributed by atoms with van der Waals surface area (Å²) in [7, 11) is 0. The maximum atomic E-state index is 13.7. The molecule has 0 aliphatic heterocycles. The molecule has 0 amide bonds. The van der Waals surface area contributed by atoms with Gasteiger partial charge in [0, 0.05) is 0 Å². The Morgan fingerprint density at radius 3 is 2.50 bits per heavy atom. The molecule has 2 nitrogen and oxygen atoms in total. The van der Waals surface area contributed by atoms with E-state index in [1.165, 1.54) is 30.3 Å². The molecule has 0 aliphatic carbocycles. The average molecular weight is 299 g/mol. The lowest BCUT2D eigenvalue weighted by Crippen LogP contribution is -1.99. The van der Waals surface area contributed by atoms with Crippen LogP contribution < -0.4 is 4.74 Å². The van der Waals surface area contributed by atoms with Crippen LogP contribution in [0.5, 0.6) is 5.75 Å². The first kappa shape index (κ1) is 14.8. The topological polar surface area (TPSA) is 29.5 Å². The fraction of sp³-hybridized carbons (Fsp3) is 0.200. The number of benzene rings is 2. The quantitative estimate of drug-likeness (QED) is 0.914. The van der Waals surface area contributed by atoms with Gasteiger partial charge in [-0.05, 0) is 42.3 Å². The third-order valence-corrected chi connectivity index (χ3v) is 3.11. The van der Waals surface area contributed by atoms with E-state index in [0.717, 1.165) is 0 Å². The van der Waals surface area contributed by atoms with Crippen molar-refractivity contribution in [2.45, 2.75) is 19.6 Å². The van der Waals surface area contributed by atoms with Crippen molar-refractivity contribution >= 4 is 11.6 Å². The molecule has 1 atom stereocenters. The number of aliphatic hydroxyl groups excluding tert-OH is 1. The van der Waals surface area contributed by atoms with E-state index in [2.05, 4.69) is 0 Å². The summed E-state index contributed by atoms with van der Waals surface area (Å²) in [5.74, 6) is -1.01. The van der Waals surface area contributed by atoms with Crippen molar-refractivity contribution in [3.8, 4) is 5.75 Å². The summed E-state index contributed by atoms with van der Waals surface area (Å²) in [5, 5.41) is 9.34. The van der Waals surface area contributed by atoms with Gasteiger partial charge in [0.25, 0.3) is 0 Å². The van der Waals surface area contributed by atoms with E-state index >= 15 is 0 Å². The zero-order chi connectivity index (χ0) is 14.7. The summed E-state index contributed by atoms with van der Waals surface area (Å²) in [6, 6.07) is 8.43. The average Bonchev–Trinajstić information content (AvgIpc) is 2.41. The van der Waals surface area contributed by atoms with Crippen LogP contribution in [0.4, 0.5) is 8.78 Å². The fourth-order valence-electron chi connectivity index (χ4n) is 1.68. The van der Waals surface area contributed by atoms with Gasteiger partial charge in [-0.25, -0.2) is 8.78 Å². The van der Waals surface area contributed by atoms with Crippen molar-refractivity contribution in [2.75, 3.05) is 0 Å². The predicted molar refractivity (Wildman–Crippen MR) is 72.8 cm³/mol. The predicted octanol–water partition coefficient (Wildman–Crippen LogP) is 4.25. The summed E-state index contributed by atoms with van der Waals surface area (Å²) in [4.78, 5) is 0. The monoisotopic (exact) mass is 298 g/mol. The van der Waals surface area contributed by atoms with E-state index in [4.69, 9.17) is 16.3 Å². The summed E-state index contributed by atoms with van der Waals surface area (Å²) in [5.41, 5.74) is 1.11. The second kappa shape index (κ2) is 6.20. The summed E-state index contributed by atoms with van der Waals surface area (Å²) < 4.78 is 32.0. The van der Waals surface area contributed by atoms with Crippen LogP contribution in [0.3, 0.4) is 0 Å². The number of hydrogen-bond donors (Lipinski definition) is 1. The molecule has 0 heterocycles. The van der Waals surface area contributed by atoms with Crippen molar-refractivity contribution in [3.05, 3.63) is 64.2 Å². The molecule has 0 bridgehead atoms. The number of hydrogen-bond acceptors (Lipinski definition) is 2. The van der Waals surface area contributed by atoms with Crippen molar-refractivity contribution < 1.29 is 18.6 Å². The lowest BCUT2D eigenvalue weighted by Gasteiger charge is -2.10. The van der Waals surface area contributed by atoms with Gasteiger partial charge in [-0.3, -0.25) is 0 Å². The molecule has 0 saturated heterocycles. The Balaban J connectivity index is 2.09. The Morgan fingerprint density at radius 2 is 1.90 bits per heavy atom. The fourth-order valence-corrected chi connectivity index (χ4v) is 1.89. The molecule has 0 fully saturated rings. The zero-order valence-electron chi connectivity index (χ0n) is 10.7. The maximum absolute atomic E-state index is 13.7. The van der Waals surface area contributed by atoms with Crippen LogP contribution in [-0.2, 0) is 6.61 Å². The standard InChI is InChI=1S/C15H13ClF2O2/c1-9(19)11-3-5-15(14(18)7-11)20-8-10-2-4-13(17)12(16)6-10/h2-7,9,19H,8H2,1H3/t9-/m0/s1. The molecule has 2 rings (SSSR count). The number of rotatable bonds is 4. The van der Waals surface area contributed by atoms with Crippen LogP contribution in [-0.4, -0.2) is 5.11 Å². The molecular formula is C15H13ClF2O2. The Hall–Kier alpha value is -1.65. The van der Waals surface area contributed by atoms with Crippen molar-refractivity contribution in [1.82, 2.24) is 0 Å². The molecule has 5 heteroatoms. The maximum Gasteiger partial charge on any atom is 0.165 e. The Labute approximate surface area is 120 Å². The number of aliphatic hydroxyl groups is 1. The Kier molecular flexibility index (Phi) is 4.57. The molecule has 0 aromatic heterocycles. The number of halogens is 3. The van der Waals surface area contributed by atoms with Crippen LogP contribution in [0.2, 0.25) is 5.02 Å². The molecule has 0 radical (unpaired) electrons. The molecule has 0 saturated carbocycles. The van der Waals surface area contributed by atoms with E-state index in [1.54, 1.807) is 13.0 Å². The Bertz CT molecular complexity index is 615. The third-order valence-electron chi connectivity index (χ3n) is 2.82. The highest BCUT2D eigenvalue weighted by Crippen LogP contribution is 2.23. The molecule has 20 heavy (non-hydrogen) atoms. The highest BCUT2D eigenvalue weighted by molar-refractivity contribution is 6.30. The van der Waals surface area contributed by atoms with Gasteiger partial charge in [-0.15, -0.1) is 0 Å². The van der Waals surface area contributed by atoms with E-state index in [1.807, 2.05) is 0 Å². The summed E-state index contributed by atoms with van der Waals surface area (Å²) in [6.45, 7) is 1.63.